The third-order valence-corrected chi connectivity index (χ3v) is 7.02. The first-order valence-corrected chi connectivity index (χ1v) is 11.1. The highest BCUT2D eigenvalue weighted by molar-refractivity contribution is 6.07. The Morgan fingerprint density at radius 1 is 1.27 bits per heavy atom. The van der Waals surface area contributed by atoms with Crippen molar-refractivity contribution in [3.63, 3.8) is 0 Å². The van der Waals surface area contributed by atoms with Crippen LogP contribution in [-0.2, 0) is 0 Å². The van der Waals surface area contributed by atoms with Crippen LogP contribution in [0.4, 0.5) is 5.69 Å². The first kappa shape index (κ1) is 20.7. The highest BCUT2D eigenvalue weighted by Gasteiger charge is 2.47. The lowest BCUT2D eigenvalue weighted by Crippen LogP contribution is -2.36. The quantitative estimate of drug-likeness (QED) is 0.568. The fourth-order valence-corrected chi connectivity index (χ4v) is 5.34. The summed E-state index contributed by atoms with van der Waals surface area (Å²) in [7, 11) is 0. The van der Waals surface area contributed by atoms with Gasteiger partial charge in [0.1, 0.15) is 0 Å². The molecule has 2 aliphatic rings. The highest BCUT2D eigenvalue weighted by Crippen LogP contribution is 2.56. The van der Waals surface area contributed by atoms with E-state index in [1.54, 1.807) is 18.6 Å². The van der Waals surface area contributed by atoms with Gasteiger partial charge in [-0.3, -0.25) is 9.98 Å². The number of nitrogens with one attached hydrogen (secondary N) is 2. The molecular weight excluding hydrogens is 368 g/mol. The zero-order valence-electron chi connectivity index (χ0n) is 18.0. The van der Waals surface area contributed by atoms with Gasteiger partial charge in [-0.25, -0.2) is 0 Å². The van der Waals surface area contributed by atoms with Crippen LogP contribution in [0.25, 0.3) is 0 Å². The summed E-state index contributed by atoms with van der Waals surface area (Å²) in [5.41, 5.74) is 4.90. The molecule has 30 heavy (non-hydrogen) atoms. The Balaban J connectivity index is 1.60. The van der Waals surface area contributed by atoms with Crippen LogP contribution < -0.4 is 5.32 Å². The molecule has 1 aromatic carbocycles. The molecule has 4 nitrogen and oxygen atoms in total. The average molecular weight is 401 g/mol. The molecule has 0 saturated heterocycles. The molecule has 4 atom stereocenters. The number of benzene rings is 1. The van der Waals surface area contributed by atoms with Crippen molar-refractivity contribution >= 4 is 17.6 Å². The van der Waals surface area contributed by atoms with E-state index in [1.807, 2.05) is 12.1 Å². The fraction of sp³-hybridized carbons (Fsp3) is 0.423. The molecule has 1 saturated carbocycles. The van der Waals surface area contributed by atoms with Gasteiger partial charge in [0.25, 0.3) is 0 Å². The van der Waals surface area contributed by atoms with Crippen LogP contribution in [0.15, 0.2) is 71.5 Å². The van der Waals surface area contributed by atoms with Crippen molar-refractivity contribution in [2.45, 2.75) is 45.6 Å². The number of aromatic nitrogens is 1. The monoisotopic (exact) mass is 400 g/mol. The third kappa shape index (κ3) is 4.15. The molecule has 1 heterocycles. The predicted octanol–water partition coefficient (Wildman–Crippen LogP) is 5.91. The van der Waals surface area contributed by atoms with Crippen molar-refractivity contribution in [2.75, 3.05) is 6.54 Å². The molecule has 2 aliphatic carbocycles. The summed E-state index contributed by atoms with van der Waals surface area (Å²) >= 11 is 0. The third-order valence-electron chi connectivity index (χ3n) is 7.02. The number of nitrogens with zero attached hydrogens (tertiary/aromatic N) is 2. The van der Waals surface area contributed by atoms with Gasteiger partial charge >= 0.3 is 0 Å². The molecule has 0 bridgehead atoms. The molecule has 2 N–H and O–H groups in total. The fourth-order valence-electron chi connectivity index (χ4n) is 5.34. The number of hydrogen-bond donors (Lipinski definition) is 2. The van der Waals surface area contributed by atoms with Gasteiger partial charge in [0.15, 0.2) is 0 Å². The topological polar surface area (TPSA) is 61.1 Å². The second kappa shape index (κ2) is 9.05. The number of rotatable bonds is 7. The van der Waals surface area contributed by atoms with Crippen LogP contribution >= 0.6 is 0 Å². The summed E-state index contributed by atoms with van der Waals surface area (Å²) in [6, 6.07) is 15.1. The van der Waals surface area contributed by atoms with E-state index in [4.69, 9.17) is 10.4 Å². The molecule has 0 spiro atoms. The van der Waals surface area contributed by atoms with E-state index in [9.17, 15) is 0 Å². The largest absolute Gasteiger partial charge is 0.312 e. The molecule has 4 heteroatoms. The highest BCUT2D eigenvalue weighted by atomic mass is 14.9. The summed E-state index contributed by atoms with van der Waals surface area (Å²) < 4.78 is 0. The summed E-state index contributed by atoms with van der Waals surface area (Å²) in [4.78, 5) is 9.02. The Hall–Kier alpha value is -2.59. The maximum atomic E-state index is 8.08. The second-order valence-corrected chi connectivity index (χ2v) is 8.80. The van der Waals surface area contributed by atoms with Gasteiger partial charge in [-0.2, -0.15) is 0 Å². The maximum Gasteiger partial charge on any atom is 0.0816 e. The van der Waals surface area contributed by atoms with E-state index in [1.165, 1.54) is 17.6 Å². The van der Waals surface area contributed by atoms with Crippen molar-refractivity contribution in [3.8, 4) is 0 Å². The minimum Gasteiger partial charge on any atom is -0.312 e. The van der Waals surface area contributed by atoms with Crippen molar-refractivity contribution < 1.29 is 0 Å². The lowest BCUT2D eigenvalue weighted by molar-refractivity contribution is 0.211. The molecule has 0 radical (unpaired) electrons. The van der Waals surface area contributed by atoms with Crippen LogP contribution in [0.2, 0.25) is 0 Å². The van der Waals surface area contributed by atoms with Crippen LogP contribution in [0, 0.1) is 22.7 Å². The van der Waals surface area contributed by atoms with Crippen molar-refractivity contribution in [2.24, 2.45) is 22.2 Å². The van der Waals surface area contributed by atoms with Crippen LogP contribution in [0.1, 0.15) is 51.1 Å². The first-order valence-electron chi connectivity index (χ1n) is 11.1. The molecule has 0 amide bonds. The number of allylic oxidation sites excluding steroid dienone is 2. The zero-order valence-corrected chi connectivity index (χ0v) is 18.0. The van der Waals surface area contributed by atoms with E-state index in [0.717, 1.165) is 37.2 Å². The van der Waals surface area contributed by atoms with Crippen molar-refractivity contribution in [1.29, 1.82) is 5.41 Å². The summed E-state index contributed by atoms with van der Waals surface area (Å²) in [6.45, 7) is 5.57. The molecule has 156 valence electrons. The van der Waals surface area contributed by atoms with Gasteiger partial charge in [0, 0.05) is 30.1 Å². The molecule has 0 aliphatic heterocycles. The summed E-state index contributed by atoms with van der Waals surface area (Å²) in [5.74, 6) is 0.671. The number of pyridine rings is 1. The minimum atomic E-state index is 0.0638. The predicted molar refractivity (Wildman–Crippen MR) is 125 cm³/mol. The van der Waals surface area contributed by atoms with E-state index < -0.39 is 0 Å². The second-order valence-electron chi connectivity index (χ2n) is 8.80. The lowest BCUT2D eigenvalue weighted by Gasteiger charge is -2.40. The Kier molecular flexibility index (Phi) is 6.24. The van der Waals surface area contributed by atoms with Crippen molar-refractivity contribution in [1.82, 2.24) is 10.3 Å². The van der Waals surface area contributed by atoms with Crippen LogP contribution in [-0.4, -0.2) is 23.5 Å². The van der Waals surface area contributed by atoms with Crippen LogP contribution in [0.3, 0.4) is 0 Å². The standard InChI is InChI=1S/C26H32N4/c1-3-29-24(19-8-5-4-6-9-19)14-21-11-12-22-15-25(20(17-27)16-26(21,22)2)30-23-10-7-13-28-18-23/h4-10,13,15,17-18,20-21,24,27,29H,3,11-12,14,16H2,1-2H3. The van der Waals surface area contributed by atoms with Crippen LogP contribution in [0.5, 0.6) is 0 Å². The molecular formula is C26H32N4. The minimum absolute atomic E-state index is 0.0638. The van der Waals surface area contributed by atoms with Gasteiger partial charge < -0.3 is 10.7 Å². The number of aliphatic imine (C=N–C) groups is 1. The Bertz CT molecular complexity index is 919. The van der Waals surface area contributed by atoms with E-state index in [0.29, 0.717) is 12.0 Å². The Labute approximate surface area is 180 Å². The Morgan fingerprint density at radius 3 is 2.80 bits per heavy atom. The first-order chi connectivity index (χ1) is 14.6. The summed E-state index contributed by atoms with van der Waals surface area (Å²) in [5, 5.41) is 11.8. The van der Waals surface area contributed by atoms with Crippen molar-refractivity contribution in [3.05, 3.63) is 72.1 Å². The number of hydrogen-bond acceptors (Lipinski definition) is 4. The van der Waals surface area contributed by atoms with E-state index >= 15 is 0 Å². The molecule has 1 aromatic heterocycles. The van der Waals surface area contributed by atoms with Gasteiger partial charge in [0.2, 0.25) is 0 Å². The molecule has 4 rings (SSSR count). The van der Waals surface area contributed by atoms with Gasteiger partial charge in [-0.15, -0.1) is 0 Å². The normalized spacial score (nSPS) is 28.1. The molecule has 4 unspecified atom stereocenters. The molecule has 1 fully saturated rings. The maximum absolute atomic E-state index is 8.08. The molecule has 2 aromatic rings. The summed E-state index contributed by atoms with van der Waals surface area (Å²) in [6.07, 6.45) is 11.9. The smallest absolute Gasteiger partial charge is 0.0816 e. The SMILES string of the molecule is CCNC(CC1CCC2=CC(=Nc3cccnc3)C(C=N)CC21C)c1ccccc1. The van der Waals surface area contributed by atoms with E-state index in [-0.39, 0.29) is 11.3 Å². The Morgan fingerprint density at radius 2 is 2.10 bits per heavy atom. The van der Waals surface area contributed by atoms with Gasteiger partial charge in [0.05, 0.1) is 11.9 Å². The van der Waals surface area contributed by atoms with Gasteiger partial charge in [-0.05, 0) is 67.3 Å². The van der Waals surface area contributed by atoms with Gasteiger partial charge in [-0.1, -0.05) is 49.8 Å². The average Bonchev–Trinajstić information content (AvgIpc) is 3.09. The number of fused-ring (bicyclic) bond motifs is 1. The van der Waals surface area contributed by atoms with E-state index in [2.05, 4.69) is 60.6 Å². The lowest BCUT2D eigenvalue weighted by atomic mass is 9.65. The zero-order chi connectivity index (χ0) is 21.0.